The number of ether oxygens (including phenoxy) is 2. The predicted octanol–water partition coefficient (Wildman–Crippen LogP) is 0.231. The molecule has 1 heterocycles. The molecule has 2 aliphatic rings. The van der Waals surface area contributed by atoms with Crippen molar-refractivity contribution >= 4 is 17.7 Å². The SMILES string of the molecule is CC1C(=O)NC(Cc2ccc(F)cc2)C(=O)NCCOCCOCCNC(C2CC2)C(=O)N1C. The van der Waals surface area contributed by atoms with Gasteiger partial charge in [0.15, 0.2) is 0 Å². The molecule has 0 radical (unpaired) electrons. The Morgan fingerprint density at radius 2 is 1.62 bits per heavy atom. The molecule has 3 unspecified atom stereocenters. The fourth-order valence-electron chi connectivity index (χ4n) is 3.81. The third kappa shape index (κ3) is 7.75. The number of carbonyl (C=O) groups is 3. The van der Waals surface area contributed by atoms with E-state index in [9.17, 15) is 18.8 Å². The van der Waals surface area contributed by atoms with E-state index in [1.54, 1.807) is 26.1 Å². The second-order valence-electron chi connectivity index (χ2n) is 8.80. The minimum atomic E-state index is -0.886. The molecule has 0 aromatic heterocycles. The van der Waals surface area contributed by atoms with Crippen molar-refractivity contribution in [3.05, 3.63) is 35.6 Å². The smallest absolute Gasteiger partial charge is 0.243 e. The molecule has 2 fully saturated rings. The Morgan fingerprint density at radius 3 is 2.26 bits per heavy atom. The van der Waals surface area contributed by atoms with Crippen LogP contribution in [0.15, 0.2) is 24.3 Å². The van der Waals surface area contributed by atoms with E-state index in [2.05, 4.69) is 16.0 Å². The summed E-state index contributed by atoms with van der Waals surface area (Å²) in [4.78, 5) is 40.5. The summed E-state index contributed by atoms with van der Waals surface area (Å²) >= 11 is 0. The fourth-order valence-corrected chi connectivity index (χ4v) is 3.81. The van der Waals surface area contributed by atoms with Crippen LogP contribution in [0, 0.1) is 11.7 Å². The number of halogens is 1. The maximum Gasteiger partial charge on any atom is 0.243 e. The number of amides is 3. The number of nitrogens with zero attached hydrogens (tertiary/aromatic N) is 1. The number of likely N-dealkylation sites (N-methyl/N-ethyl adjacent to an activating group) is 1. The lowest BCUT2D eigenvalue weighted by atomic mass is 10.0. The van der Waals surface area contributed by atoms with Crippen LogP contribution in [0.5, 0.6) is 0 Å². The molecule has 3 amide bonds. The summed E-state index contributed by atoms with van der Waals surface area (Å²) in [5.41, 5.74) is 0.701. The van der Waals surface area contributed by atoms with Gasteiger partial charge in [-0.15, -0.1) is 0 Å². The summed E-state index contributed by atoms with van der Waals surface area (Å²) in [5.74, 6) is -1.10. The Bertz CT molecular complexity index is 833. The van der Waals surface area contributed by atoms with Gasteiger partial charge in [-0.1, -0.05) is 12.1 Å². The van der Waals surface area contributed by atoms with Gasteiger partial charge in [0.2, 0.25) is 17.7 Å². The number of nitrogens with one attached hydrogen (secondary N) is 3. The number of hydrogen-bond acceptors (Lipinski definition) is 6. The number of rotatable bonds is 3. The Hall–Kier alpha value is -2.56. The number of hydrogen-bond donors (Lipinski definition) is 3. The van der Waals surface area contributed by atoms with Crippen LogP contribution >= 0.6 is 0 Å². The van der Waals surface area contributed by atoms with Gasteiger partial charge in [0.1, 0.15) is 17.9 Å². The molecule has 188 valence electrons. The van der Waals surface area contributed by atoms with E-state index in [1.165, 1.54) is 17.0 Å². The standard InChI is InChI=1S/C24H35FN4O5/c1-16-22(30)28-20(15-17-3-7-19(25)8-4-17)23(31)27-10-12-34-14-13-33-11-9-26-21(18-5-6-18)24(32)29(16)2/h3-4,7-8,16,18,20-21,26H,5-6,9-15H2,1-2H3,(H,27,31)(H,28,30). The number of carbonyl (C=O) groups excluding carboxylic acids is 3. The molecule has 34 heavy (non-hydrogen) atoms. The summed E-state index contributed by atoms with van der Waals surface area (Å²) in [7, 11) is 1.60. The molecular weight excluding hydrogens is 443 g/mol. The molecule has 1 aliphatic heterocycles. The topological polar surface area (TPSA) is 109 Å². The minimum absolute atomic E-state index is 0.158. The predicted molar refractivity (Wildman–Crippen MR) is 123 cm³/mol. The molecule has 1 saturated carbocycles. The van der Waals surface area contributed by atoms with Gasteiger partial charge in [-0.3, -0.25) is 14.4 Å². The maximum absolute atomic E-state index is 13.3. The van der Waals surface area contributed by atoms with Crippen molar-refractivity contribution in [3.8, 4) is 0 Å². The van der Waals surface area contributed by atoms with Crippen LogP contribution in [0.25, 0.3) is 0 Å². The molecule has 1 aromatic carbocycles. The van der Waals surface area contributed by atoms with Crippen molar-refractivity contribution in [2.75, 3.05) is 46.6 Å². The van der Waals surface area contributed by atoms with Crippen molar-refractivity contribution in [2.45, 2.75) is 44.3 Å². The molecule has 10 heteroatoms. The van der Waals surface area contributed by atoms with Gasteiger partial charge < -0.3 is 30.3 Å². The largest absolute Gasteiger partial charge is 0.378 e. The molecule has 9 nitrogen and oxygen atoms in total. The van der Waals surface area contributed by atoms with E-state index in [4.69, 9.17) is 9.47 Å². The summed E-state index contributed by atoms with van der Waals surface area (Å²) in [6, 6.07) is 3.74. The van der Waals surface area contributed by atoms with Gasteiger partial charge in [-0.05, 0) is 43.4 Å². The van der Waals surface area contributed by atoms with E-state index >= 15 is 0 Å². The molecule has 0 bridgehead atoms. The van der Waals surface area contributed by atoms with E-state index in [1.807, 2.05) is 0 Å². The van der Waals surface area contributed by atoms with Crippen molar-refractivity contribution in [1.29, 1.82) is 0 Å². The second-order valence-corrected chi connectivity index (χ2v) is 8.80. The molecular formula is C24H35FN4O5. The highest BCUT2D eigenvalue weighted by Crippen LogP contribution is 2.33. The molecule has 0 spiro atoms. The van der Waals surface area contributed by atoms with Crippen LogP contribution in [0.1, 0.15) is 25.3 Å². The van der Waals surface area contributed by atoms with Crippen molar-refractivity contribution in [3.63, 3.8) is 0 Å². The lowest BCUT2D eigenvalue weighted by Crippen LogP contribution is -2.57. The van der Waals surface area contributed by atoms with Crippen LogP contribution in [-0.4, -0.2) is 87.3 Å². The summed E-state index contributed by atoms with van der Waals surface area (Å²) in [6.07, 6.45) is 2.11. The Morgan fingerprint density at radius 1 is 0.971 bits per heavy atom. The lowest BCUT2D eigenvalue weighted by molar-refractivity contribution is -0.141. The van der Waals surface area contributed by atoms with Crippen LogP contribution < -0.4 is 16.0 Å². The van der Waals surface area contributed by atoms with Crippen LogP contribution in [0.4, 0.5) is 4.39 Å². The van der Waals surface area contributed by atoms with Gasteiger partial charge in [0.25, 0.3) is 0 Å². The molecule has 1 aliphatic carbocycles. The highest BCUT2D eigenvalue weighted by molar-refractivity contribution is 5.93. The monoisotopic (exact) mass is 478 g/mol. The molecule has 1 aromatic rings. The molecule has 3 N–H and O–H groups in total. The zero-order valence-corrected chi connectivity index (χ0v) is 19.8. The van der Waals surface area contributed by atoms with Gasteiger partial charge in [0.05, 0.1) is 32.5 Å². The molecule has 3 rings (SSSR count). The minimum Gasteiger partial charge on any atom is -0.378 e. The quantitative estimate of drug-likeness (QED) is 0.574. The number of benzene rings is 1. The Labute approximate surface area is 199 Å². The molecule has 1 saturated heterocycles. The normalized spacial score (nSPS) is 26.9. The average molecular weight is 479 g/mol. The van der Waals surface area contributed by atoms with Crippen LogP contribution in [0.2, 0.25) is 0 Å². The maximum atomic E-state index is 13.3. The van der Waals surface area contributed by atoms with Crippen LogP contribution in [0.3, 0.4) is 0 Å². The fraction of sp³-hybridized carbons (Fsp3) is 0.625. The van der Waals surface area contributed by atoms with Gasteiger partial charge in [-0.25, -0.2) is 4.39 Å². The van der Waals surface area contributed by atoms with Gasteiger partial charge in [0, 0.05) is 26.6 Å². The van der Waals surface area contributed by atoms with Gasteiger partial charge in [-0.2, -0.15) is 0 Å². The third-order valence-electron chi connectivity index (χ3n) is 6.18. The first-order valence-corrected chi connectivity index (χ1v) is 11.8. The van der Waals surface area contributed by atoms with Crippen molar-refractivity contribution < 1.29 is 28.2 Å². The average Bonchev–Trinajstić information content (AvgIpc) is 3.66. The van der Waals surface area contributed by atoms with E-state index < -0.39 is 18.0 Å². The summed E-state index contributed by atoms with van der Waals surface area (Å²) in [5, 5.41) is 8.82. The van der Waals surface area contributed by atoms with E-state index in [0.717, 1.165) is 12.8 Å². The first kappa shape index (κ1) is 26.1. The Kier molecular flexibility index (Phi) is 9.79. The Balaban J connectivity index is 1.73. The first-order valence-electron chi connectivity index (χ1n) is 11.8. The highest BCUT2D eigenvalue weighted by Gasteiger charge is 2.39. The van der Waals surface area contributed by atoms with Crippen molar-refractivity contribution in [1.82, 2.24) is 20.9 Å². The second kappa shape index (κ2) is 12.8. The molecule has 3 atom stereocenters. The zero-order chi connectivity index (χ0) is 24.5. The van der Waals surface area contributed by atoms with Crippen LogP contribution in [-0.2, 0) is 30.3 Å². The summed E-state index contributed by atoms with van der Waals surface area (Å²) < 4.78 is 24.3. The first-order chi connectivity index (χ1) is 16.4. The van der Waals surface area contributed by atoms with Crippen molar-refractivity contribution in [2.24, 2.45) is 5.92 Å². The highest BCUT2D eigenvalue weighted by atomic mass is 19.1. The lowest BCUT2D eigenvalue weighted by Gasteiger charge is -2.30. The van der Waals surface area contributed by atoms with E-state index in [-0.39, 0.29) is 42.6 Å². The third-order valence-corrected chi connectivity index (χ3v) is 6.18. The zero-order valence-electron chi connectivity index (χ0n) is 19.8. The van der Waals surface area contributed by atoms with E-state index in [0.29, 0.717) is 38.5 Å². The summed E-state index contributed by atoms with van der Waals surface area (Å²) in [6.45, 7) is 3.99. The van der Waals surface area contributed by atoms with Gasteiger partial charge >= 0.3 is 0 Å².